The Kier molecular flexibility index (Phi) is 6.07. The molecule has 30 heavy (non-hydrogen) atoms. The number of fused-ring (bicyclic) bond motifs is 1. The van der Waals surface area contributed by atoms with Crippen LogP contribution in [0.4, 0.5) is 0 Å². The Hall–Kier alpha value is -2.25. The third-order valence-corrected chi connectivity index (χ3v) is 6.07. The molecular weight excluding hydrogens is 442 g/mol. The fourth-order valence-corrected chi connectivity index (χ4v) is 4.85. The Morgan fingerprint density at radius 3 is 2.43 bits per heavy atom. The van der Waals surface area contributed by atoms with Gasteiger partial charge in [-0.1, -0.05) is 0 Å². The summed E-state index contributed by atoms with van der Waals surface area (Å²) in [7, 11) is 2.02. The molecule has 0 amide bonds. The third kappa shape index (κ3) is 5.08. The number of halogens is 1. The first-order chi connectivity index (χ1) is 13.9. The lowest BCUT2D eigenvalue weighted by Crippen LogP contribution is -2.61. The molecule has 2 heterocycles. The number of nitrogens with one attached hydrogen (secondary N) is 1. The van der Waals surface area contributed by atoms with E-state index in [1.807, 2.05) is 13.1 Å². The molecule has 0 bridgehead atoms. The largest absolute Gasteiger partial charge is 0.507 e. The average molecular weight is 474 g/mol. The second kappa shape index (κ2) is 8.12. The fourth-order valence-electron chi connectivity index (χ4n) is 4.50. The number of nitrogens with two attached hydrogens (primary N) is 2. The van der Waals surface area contributed by atoms with Gasteiger partial charge in [0, 0.05) is 51.5 Å². The van der Waals surface area contributed by atoms with E-state index in [1.165, 1.54) is 0 Å². The summed E-state index contributed by atoms with van der Waals surface area (Å²) >= 11 is 3.39. The van der Waals surface area contributed by atoms with Crippen LogP contribution in [0.15, 0.2) is 46.8 Å². The number of phenolic OH excluding ortho intramolecular Hbond substituents is 1. The van der Waals surface area contributed by atoms with Gasteiger partial charge in [-0.15, -0.1) is 0 Å². The fraction of sp³-hybridized carbons (Fsp3) is 0.435. The molecule has 0 unspecified atom stereocenters. The monoisotopic (exact) mass is 473 g/mol. The maximum atomic E-state index is 10.4. The van der Waals surface area contributed by atoms with Crippen LogP contribution < -0.4 is 16.8 Å². The molecule has 7 heteroatoms. The Morgan fingerprint density at radius 1 is 1.17 bits per heavy atom. The van der Waals surface area contributed by atoms with Crippen molar-refractivity contribution >= 4 is 32.5 Å². The zero-order valence-corrected chi connectivity index (χ0v) is 19.9. The van der Waals surface area contributed by atoms with E-state index in [1.54, 1.807) is 30.5 Å². The molecule has 1 aromatic carbocycles. The molecule has 1 aromatic heterocycles. The first-order valence-electron chi connectivity index (χ1n) is 10.1. The lowest BCUT2D eigenvalue weighted by Gasteiger charge is -2.49. The molecule has 3 rings (SSSR count). The summed E-state index contributed by atoms with van der Waals surface area (Å²) in [5, 5.41) is 15.0. The van der Waals surface area contributed by atoms with E-state index < -0.39 is 0 Å². The molecule has 1 aliphatic heterocycles. The van der Waals surface area contributed by atoms with Gasteiger partial charge in [-0.25, -0.2) is 0 Å². The van der Waals surface area contributed by atoms with Crippen molar-refractivity contribution in [2.24, 2.45) is 11.5 Å². The predicted octanol–water partition coefficient (Wildman–Crippen LogP) is 4.04. The van der Waals surface area contributed by atoms with E-state index in [4.69, 9.17) is 11.5 Å². The van der Waals surface area contributed by atoms with Gasteiger partial charge in [0.15, 0.2) is 0 Å². The zero-order valence-electron chi connectivity index (χ0n) is 18.3. The lowest BCUT2D eigenvalue weighted by molar-refractivity contribution is 0.0981. The van der Waals surface area contributed by atoms with Crippen LogP contribution in [0.3, 0.4) is 0 Å². The quantitative estimate of drug-likeness (QED) is 0.499. The van der Waals surface area contributed by atoms with E-state index in [2.05, 4.69) is 58.8 Å². The molecule has 0 aliphatic carbocycles. The van der Waals surface area contributed by atoms with Gasteiger partial charge < -0.3 is 26.8 Å². The lowest BCUT2D eigenvalue weighted by atomic mass is 9.79. The van der Waals surface area contributed by atoms with E-state index in [9.17, 15) is 5.11 Å². The van der Waals surface area contributed by atoms with E-state index in [0.717, 1.165) is 28.2 Å². The van der Waals surface area contributed by atoms with Crippen LogP contribution in [0.25, 0.3) is 16.6 Å². The number of pyridine rings is 1. The Balaban J connectivity index is 1.83. The second-order valence-electron chi connectivity index (χ2n) is 9.49. The minimum atomic E-state index is 0.0364. The number of allylic oxidation sites excluding steroid dienone is 2. The SMILES string of the molecule is CN(/C(N)=C/C=C(\N)c1cc2ncc(Br)cc2cc1O)C1CC(C)(C)NC(C)(C)C1. The number of piperidine rings is 1. The predicted molar refractivity (Wildman–Crippen MR) is 128 cm³/mol. The molecule has 1 aliphatic rings. The highest BCUT2D eigenvalue weighted by atomic mass is 79.9. The van der Waals surface area contributed by atoms with E-state index in [0.29, 0.717) is 23.1 Å². The van der Waals surface area contributed by atoms with Gasteiger partial charge in [-0.2, -0.15) is 0 Å². The van der Waals surface area contributed by atoms with Crippen LogP contribution in [0, 0.1) is 0 Å². The van der Waals surface area contributed by atoms with Crippen LogP contribution in [0.1, 0.15) is 46.1 Å². The van der Waals surface area contributed by atoms with Gasteiger partial charge in [0.05, 0.1) is 11.3 Å². The summed E-state index contributed by atoms with van der Waals surface area (Å²) in [6, 6.07) is 5.68. The number of aromatic nitrogens is 1. The summed E-state index contributed by atoms with van der Waals surface area (Å²) in [4.78, 5) is 6.50. The van der Waals surface area contributed by atoms with Crippen molar-refractivity contribution < 1.29 is 5.11 Å². The van der Waals surface area contributed by atoms with Gasteiger partial charge in [0.25, 0.3) is 0 Å². The Morgan fingerprint density at radius 2 is 1.80 bits per heavy atom. The van der Waals surface area contributed by atoms with Crippen molar-refractivity contribution in [1.29, 1.82) is 0 Å². The van der Waals surface area contributed by atoms with Gasteiger partial charge in [0.2, 0.25) is 0 Å². The Bertz CT molecular complexity index is 996. The topological polar surface area (TPSA) is 100 Å². The van der Waals surface area contributed by atoms with Crippen molar-refractivity contribution in [3.05, 3.63) is 52.4 Å². The molecule has 2 aromatic rings. The minimum Gasteiger partial charge on any atom is -0.507 e. The molecule has 1 saturated heterocycles. The van der Waals surface area contributed by atoms with Crippen LogP contribution >= 0.6 is 15.9 Å². The number of benzene rings is 1. The first-order valence-corrected chi connectivity index (χ1v) is 10.9. The normalized spacial score (nSPS) is 19.8. The van der Waals surface area contributed by atoms with E-state index >= 15 is 0 Å². The highest BCUT2D eigenvalue weighted by Crippen LogP contribution is 2.32. The van der Waals surface area contributed by atoms with E-state index in [-0.39, 0.29) is 16.8 Å². The average Bonchev–Trinajstić information content (AvgIpc) is 2.62. The summed E-state index contributed by atoms with van der Waals surface area (Å²) in [6.45, 7) is 8.90. The number of hydrogen-bond acceptors (Lipinski definition) is 6. The summed E-state index contributed by atoms with van der Waals surface area (Å²) in [5.74, 6) is 0.747. The molecule has 0 saturated carbocycles. The number of phenols is 1. The highest BCUT2D eigenvalue weighted by Gasteiger charge is 2.39. The summed E-state index contributed by atoms with van der Waals surface area (Å²) < 4.78 is 0.855. The van der Waals surface area contributed by atoms with Crippen LogP contribution in [-0.4, -0.2) is 39.2 Å². The molecule has 0 atom stereocenters. The molecule has 6 N–H and O–H groups in total. The smallest absolute Gasteiger partial charge is 0.125 e. The van der Waals surface area contributed by atoms with Crippen LogP contribution in [-0.2, 0) is 0 Å². The third-order valence-electron chi connectivity index (χ3n) is 5.63. The summed E-state index contributed by atoms with van der Waals surface area (Å²) in [6.07, 6.45) is 7.25. The maximum absolute atomic E-state index is 10.4. The van der Waals surface area contributed by atoms with Gasteiger partial charge >= 0.3 is 0 Å². The standard InChI is InChI=1S/C23H32BrN5O/c1-22(2)11-16(12-23(3,4)28-22)29(5)21(26)7-6-18(25)17-10-19-14(9-20(17)30)8-15(24)13-27-19/h6-10,13,16,28,30H,11-12,25-26H2,1-5H3/b18-6-,21-7+. The summed E-state index contributed by atoms with van der Waals surface area (Å²) in [5.41, 5.74) is 14.4. The van der Waals surface area contributed by atoms with Crippen LogP contribution in [0.5, 0.6) is 5.75 Å². The first kappa shape index (κ1) is 22.4. The maximum Gasteiger partial charge on any atom is 0.125 e. The molecule has 0 radical (unpaired) electrons. The molecular formula is C23H32BrN5O. The van der Waals surface area contributed by atoms with Crippen molar-refractivity contribution in [2.45, 2.75) is 57.7 Å². The number of nitrogens with zero attached hydrogens (tertiary/aromatic N) is 2. The van der Waals surface area contributed by atoms with Crippen LogP contribution in [0.2, 0.25) is 0 Å². The second-order valence-corrected chi connectivity index (χ2v) is 10.4. The number of hydrogen-bond donors (Lipinski definition) is 4. The van der Waals surface area contributed by atoms with Gasteiger partial charge in [0.1, 0.15) is 5.75 Å². The molecule has 162 valence electrons. The molecule has 0 spiro atoms. The van der Waals surface area contributed by atoms with Crippen molar-refractivity contribution in [2.75, 3.05) is 7.05 Å². The Labute approximate surface area is 187 Å². The van der Waals surface area contributed by atoms with Gasteiger partial charge in [-0.05, 0) is 86.8 Å². The molecule has 1 fully saturated rings. The molecule has 6 nitrogen and oxygen atoms in total. The minimum absolute atomic E-state index is 0.0364. The number of rotatable bonds is 4. The number of aromatic hydroxyl groups is 1. The zero-order chi connectivity index (χ0) is 22.3. The van der Waals surface area contributed by atoms with Crippen molar-refractivity contribution in [1.82, 2.24) is 15.2 Å². The van der Waals surface area contributed by atoms with Crippen molar-refractivity contribution in [3.8, 4) is 5.75 Å². The van der Waals surface area contributed by atoms with Crippen molar-refractivity contribution in [3.63, 3.8) is 0 Å². The van der Waals surface area contributed by atoms with Gasteiger partial charge in [-0.3, -0.25) is 4.98 Å². The highest BCUT2D eigenvalue weighted by molar-refractivity contribution is 9.10.